The Morgan fingerprint density at radius 1 is 0.818 bits per heavy atom. The van der Waals surface area contributed by atoms with Crippen molar-refractivity contribution in [2.24, 2.45) is 0 Å². The van der Waals surface area contributed by atoms with Gasteiger partial charge in [-0.2, -0.15) is 0 Å². The Labute approximate surface area is 129 Å². The van der Waals surface area contributed by atoms with Crippen molar-refractivity contribution in [1.29, 1.82) is 0 Å². The molecule has 0 saturated heterocycles. The summed E-state index contributed by atoms with van der Waals surface area (Å²) in [6.07, 6.45) is 3.30. The number of hydrazine groups is 1. The van der Waals surface area contributed by atoms with E-state index >= 15 is 0 Å². The maximum absolute atomic E-state index is 5.55. The van der Waals surface area contributed by atoms with Gasteiger partial charge < -0.3 is 10.2 Å². The number of nitrogens with one attached hydrogen (secondary N) is 2. The molecular weight excluding hydrogens is 276 g/mol. The fraction of sp³-hybridized carbons (Fsp3) is 0.0588. The van der Waals surface area contributed by atoms with Crippen LogP contribution in [0.5, 0.6) is 11.8 Å². The number of anilines is 1. The molecule has 0 atom stereocenters. The Kier molecular flexibility index (Phi) is 4.59. The first-order chi connectivity index (χ1) is 10.9. The third kappa shape index (κ3) is 4.04. The number of hydrogen-bond donors (Lipinski definition) is 2. The van der Waals surface area contributed by atoms with E-state index in [-0.39, 0.29) is 0 Å². The number of hydrogen-bond acceptors (Lipinski definition) is 5. The van der Waals surface area contributed by atoms with Crippen molar-refractivity contribution in [2.45, 2.75) is 6.54 Å². The number of benzene rings is 2. The summed E-state index contributed by atoms with van der Waals surface area (Å²) < 4.78 is 5.55. The van der Waals surface area contributed by atoms with Crippen molar-refractivity contribution in [3.63, 3.8) is 0 Å². The van der Waals surface area contributed by atoms with Crippen molar-refractivity contribution in [2.75, 3.05) is 5.43 Å². The van der Waals surface area contributed by atoms with E-state index in [1.54, 1.807) is 18.5 Å². The Balaban J connectivity index is 1.51. The summed E-state index contributed by atoms with van der Waals surface area (Å²) in [6.45, 7) is 0.705. The molecule has 3 rings (SSSR count). The number of para-hydroxylation sites is 1. The normalized spacial score (nSPS) is 10.2. The molecule has 0 aliphatic heterocycles. The molecule has 1 aromatic heterocycles. The lowest BCUT2D eigenvalue weighted by Gasteiger charge is -2.09. The zero-order valence-electron chi connectivity index (χ0n) is 11.9. The molecule has 1 heterocycles. The monoisotopic (exact) mass is 292 g/mol. The smallest absolute Gasteiger partial charge is 0.321 e. The topological polar surface area (TPSA) is 59.1 Å². The van der Waals surface area contributed by atoms with E-state index < -0.39 is 0 Å². The van der Waals surface area contributed by atoms with E-state index in [4.69, 9.17) is 4.74 Å². The maximum Gasteiger partial charge on any atom is 0.321 e. The van der Waals surface area contributed by atoms with Gasteiger partial charge in [0.1, 0.15) is 5.75 Å². The van der Waals surface area contributed by atoms with Gasteiger partial charge in [0.25, 0.3) is 0 Å². The average molecular weight is 292 g/mol. The van der Waals surface area contributed by atoms with E-state index in [9.17, 15) is 0 Å². The Hall–Kier alpha value is -2.92. The minimum atomic E-state index is 0.346. The van der Waals surface area contributed by atoms with Crippen LogP contribution >= 0.6 is 0 Å². The van der Waals surface area contributed by atoms with Gasteiger partial charge in [0, 0.05) is 24.6 Å². The maximum atomic E-state index is 5.55. The van der Waals surface area contributed by atoms with Crippen LogP contribution in [0.25, 0.3) is 0 Å². The molecule has 0 radical (unpaired) electrons. The second-order valence-electron chi connectivity index (χ2n) is 4.62. The first-order valence-electron chi connectivity index (χ1n) is 6.98. The van der Waals surface area contributed by atoms with Crippen molar-refractivity contribution < 1.29 is 4.74 Å². The molecule has 22 heavy (non-hydrogen) atoms. The molecule has 0 aliphatic rings. The highest BCUT2D eigenvalue weighted by Crippen LogP contribution is 2.17. The fourth-order valence-corrected chi connectivity index (χ4v) is 1.89. The van der Waals surface area contributed by atoms with Gasteiger partial charge >= 0.3 is 6.01 Å². The second-order valence-corrected chi connectivity index (χ2v) is 4.62. The summed E-state index contributed by atoms with van der Waals surface area (Å²) in [6, 6.07) is 19.9. The largest absolute Gasteiger partial charge is 0.424 e. The van der Waals surface area contributed by atoms with Crippen LogP contribution < -0.4 is 15.6 Å². The van der Waals surface area contributed by atoms with E-state index in [0.717, 1.165) is 11.3 Å². The molecule has 0 fully saturated rings. The summed E-state index contributed by atoms with van der Waals surface area (Å²) in [5.74, 6) is 0.714. The number of ether oxygens (including phenoxy) is 1. The molecule has 5 nitrogen and oxygen atoms in total. The fourth-order valence-electron chi connectivity index (χ4n) is 1.89. The molecule has 0 spiro atoms. The lowest BCUT2D eigenvalue weighted by atomic mass is 10.2. The number of nitrogens with zero attached hydrogens (tertiary/aromatic N) is 2. The quantitative estimate of drug-likeness (QED) is 0.682. The van der Waals surface area contributed by atoms with Crippen LogP contribution in [0.2, 0.25) is 0 Å². The van der Waals surface area contributed by atoms with Crippen molar-refractivity contribution in [3.8, 4) is 11.8 Å². The van der Waals surface area contributed by atoms with Crippen LogP contribution in [0.3, 0.4) is 0 Å². The van der Waals surface area contributed by atoms with Crippen LogP contribution in [0.4, 0.5) is 5.69 Å². The average Bonchev–Trinajstić information content (AvgIpc) is 2.58. The first-order valence-corrected chi connectivity index (χ1v) is 6.98. The Morgan fingerprint density at radius 3 is 2.27 bits per heavy atom. The zero-order chi connectivity index (χ0) is 15.0. The van der Waals surface area contributed by atoms with Crippen LogP contribution in [0.15, 0.2) is 73.1 Å². The Morgan fingerprint density at radius 2 is 1.55 bits per heavy atom. The van der Waals surface area contributed by atoms with E-state index in [0.29, 0.717) is 18.3 Å². The predicted octanol–water partition coefficient (Wildman–Crippen LogP) is 3.39. The van der Waals surface area contributed by atoms with Crippen molar-refractivity contribution in [1.82, 2.24) is 15.4 Å². The minimum Gasteiger partial charge on any atom is -0.424 e. The standard InChI is InChI=1S/C17H16N4O/c1-2-5-15(6-3-1)21-20-13-14-7-9-16(10-8-14)22-17-18-11-4-12-19-17/h1-12,20-21H,13H2. The molecule has 110 valence electrons. The molecule has 0 unspecified atom stereocenters. The van der Waals surface area contributed by atoms with Gasteiger partial charge in [0.2, 0.25) is 0 Å². The van der Waals surface area contributed by atoms with Crippen molar-refractivity contribution >= 4 is 5.69 Å². The first kappa shape index (κ1) is 14.0. The highest BCUT2D eigenvalue weighted by Gasteiger charge is 1.99. The summed E-state index contributed by atoms with van der Waals surface area (Å²) in [5.41, 5.74) is 8.49. The summed E-state index contributed by atoms with van der Waals surface area (Å²) >= 11 is 0. The van der Waals surface area contributed by atoms with E-state index in [1.165, 1.54) is 0 Å². The van der Waals surface area contributed by atoms with E-state index in [2.05, 4.69) is 20.8 Å². The third-order valence-electron chi connectivity index (χ3n) is 2.97. The second kappa shape index (κ2) is 7.19. The molecule has 3 aromatic rings. The minimum absolute atomic E-state index is 0.346. The van der Waals surface area contributed by atoms with Gasteiger partial charge in [0.15, 0.2) is 0 Å². The molecule has 5 heteroatoms. The summed E-state index contributed by atoms with van der Waals surface area (Å²) in [7, 11) is 0. The molecule has 0 aliphatic carbocycles. The van der Waals surface area contributed by atoms with Crippen molar-refractivity contribution in [3.05, 3.63) is 78.6 Å². The lowest BCUT2D eigenvalue weighted by Crippen LogP contribution is -2.20. The summed E-state index contributed by atoms with van der Waals surface area (Å²) in [5, 5.41) is 0. The third-order valence-corrected chi connectivity index (χ3v) is 2.97. The molecule has 0 bridgehead atoms. The molecular formula is C17H16N4O. The molecule has 0 saturated carbocycles. The van der Waals surface area contributed by atoms with Gasteiger partial charge in [-0.05, 0) is 35.9 Å². The van der Waals surface area contributed by atoms with Gasteiger partial charge in [-0.15, -0.1) is 0 Å². The molecule has 2 N–H and O–H groups in total. The number of aromatic nitrogens is 2. The Bertz CT molecular complexity index is 687. The van der Waals surface area contributed by atoms with Crippen LogP contribution in [-0.2, 0) is 6.54 Å². The van der Waals surface area contributed by atoms with Gasteiger partial charge in [-0.3, -0.25) is 0 Å². The molecule has 0 amide bonds. The van der Waals surface area contributed by atoms with Gasteiger partial charge in [-0.1, -0.05) is 30.3 Å². The van der Waals surface area contributed by atoms with Crippen LogP contribution in [-0.4, -0.2) is 9.97 Å². The van der Waals surface area contributed by atoms with Gasteiger partial charge in [0.05, 0.1) is 0 Å². The molecule has 2 aromatic carbocycles. The number of rotatable bonds is 6. The van der Waals surface area contributed by atoms with Crippen LogP contribution in [0, 0.1) is 0 Å². The predicted molar refractivity (Wildman–Crippen MR) is 85.5 cm³/mol. The lowest BCUT2D eigenvalue weighted by molar-refractivity contribution is 0.441. The van der Waals surface area contributed by atoms with Crippen LogP contribution in [0.1, 0.15) is 5.56 Å². The van der Waals surface area contributed by atoms with E-state index in [1.807, 2.05) is 54.6 Å². The van der Waals surface area contributed by atoms with Gasteiger partial charge in [-0.25, -0.2) is 15.4 Å². The summed E-state index contributed by atoms with van der Waals surface area (Å²) in [4.78, 5) is 8.05. The highest BCUT2D eigenvalue weighted by molar-refractivity contribution is 5.41. The highest BCUT2D eigenvalue weighted by atomic mass is 16.5. The zero-order valence-corrected chi connectivity index (χ0v) is 11.9. The SMILES string of the molecule is c1ccc(NNCc2ccc(Oc3ncccn3)cc2)cc1.